The Balaban J connectivity index is 2.53. The molecular formula is C11H10N2O2. The Morgan fingerprint density at radius 1 is 1.53 bits per heavy atom. The van der Waals surface area contributed by atoms with Crippen molar-refractivity contribution >= 4 is 11.5 Å². The predicted molar refractivity (Wildman–Crippen MR) is 53.5 cm³/mol. The molecule has 1 aromatic rings. The number of nitriles is 1. The summed E-state index contributed by atoms with van der Waals surface area (Å²) in [5, 5.41) is 8.92. The number of carbonyl (C=O) groups is 1. The first kappa shape index (κ1) is 9.53. The molecule has 0 unspecified atom stereocenters. The lowest BCUT2D eigenvalue weighted by Gasteiger charge is -2.16. The largest absolute Gasteiger partial charge is 0.476 e. The fourth-order valence-electron chi connectivity index (χ4n) is 1.52. The Kier molecular flexibility index (Phi) is 1.90. The van der Waals surface area contributed by atoms with Crippen molar-refractivity contribution in [2.75, 3.05) is 0 Å². The number of hydrogen-bond donors (Lipinski definition) is 1. The Morgan fingerprint density at radius 3 is 2.80 bits per heavy atom. The number of aromatic nitrogens is 1. The molecule has 0 bridgehead atoms. The second-order valence-electron chi connectivity index (χ2n) is 3.84. The molecule has 1 aliphatic rings. The zero-order valence-electron chi connectivity index (χ0n) is 8.50. The highest BCUT2D eigenvalue weighted by molar-refractivity contribution is 6.12. The predicted octanol–water partition coefficient (Wildman–Crippen LogP) is 1.63. The number of ketones is 1. The number of rotatable bonds is 1. The summed E-state index contributed by atoms with van der Waals surface area (Å²) in [7, 11) is 0. The first-order valence-corrected chi connectivity index (χ1v) is 4.58. The smallest absolute Gasteiger partial charge is 0.220 e. The minimum Gasteiger partial charge on any atom is -0.476 e. The van der Waals surface area contributed by atoms with Gasteiger partial charge in [0.25, 0.3) is 0 Å². The second-order valence-corrected chi connectivity index (χ2v) is 3.84. The van der Waals surface area contributed by atoms with E-state index in [0.717, 1.165) is 0 Å². The maximum Gasteiger partial charge on any atom is 0.220 e. The SMILES string of the molecule is CC1(C)OC(c2ccc[nH]2)=C(C#N)C1=O. The van der Waals surface area contributed by atoms with E-state index >= 15 is 0 Å². The third-order valence-corrected chi connectivity index (χ3v) is 2.31. The van der Waals surface area contributed by atoms with Crippen LogP contribution in [0, 0.1) is 11.3 Å². The standard InChI is InChI=1S/C11H10N2O2/c1-11(2)10(14)7(6-12)9(15-11)8-4-3-5-13-8/h3-5,13H,1-2H3. The van der Waals surface area contributed by atoms with Crippen LogP contribution in [0.1, 0.15) is 19.5 Å². The topological polar surface area (TPSA) is 65.9 Å². The van der Waals surface area contributed by atoms with Crippen molar-refractivity contribution in [3.8, 4) is 6.07 Å². The van der Waals surface area contributed by atoms with Gasteiger partial charge in [0.15, 0.2) is 11.4 Å². The van der Waals surface area contributed by atoms with Gasteiger partial charge in [-0.05, 0) is 26.0 Å². The molecular weight excluding hydrogens is 192 g/mol. The highest BCUT2D eigenvalue weighted by Gasteiger charge is 2.42. The first-order chi connectivity index (χ1) is 7.06. The van der Waals surface area contributed by atoms with Gasteiger partial charge in [-0.25, -0.2) is 0 Å². The molecule has 1 N–H and O–H groups in total. The number of hydrogen-bond acceptors (Lipinski definition) is 3. The van der Waals surface area contributed by atoms with E-state index in [-0.39, 0.29) is 11.4 Å². The van der Waals surface area contributed by atoms with E-state index in [0.29, 0.717) is 11.5 Å². The van der Waals surface area contributed by atoms with Gasteiger partial charge >= 0.3 is 0 Å². The molecule has 15 heavy (non-hydrogen) atoms. The van der Waals surface area contributed by atoms with E-state index in [4.69, 9.17) is 10.00 Å². The molecule has 0 aliphatic carbocycles. The monoisotopic (exact) mass is 202 g/mol. The van der Waals surface area contributed by atoms with Crippen molar-refractivity contribution in [2.24, 2.45) is 0 Å². The molecule has 0 saturated heterocycles. The molecule has 1 aliphatic heterocycles. The molecule has 4 nitrogen and oxygen atoms in total. The first-order valence-electron chi connectivity index (χ1n) is 4.58. The minimum absolute atomic E-state index is 0.0856. The van der Waals surface area contributed by atoms with E-state index in [1.54, 1.807) is 32.2 Å². The van der Waals surface area contributed by atoms with Crippen LogP contribution >= 0.6 is 0 Å². The molecule has 2 heterocycles. The van der Waals surface area contributed by atoms with Crippen LogP contribution in [-0.4, -0.2) is 16.4 Å². The van der Waals surface area contributed by atoms with E-state index in [1.165, 1.54) is 0 Å². The van der Waals surface area contributed by atoms with Gasteiger partial charge in [0.2, 0.25) is 5.78 Å². The number of H-pyrrole nitrogens is 1. The van der Waals surface area contributed by atoms with Crippen LogP contribution < -0.4 is 0 Å². The summed E-state index contributed by atoms with van der Waals surface area (Å²) in [5.41, 5.74) is -0.196. The lowest BCUT2D eigenvalue weighted by molar-refractivity contribution is -0.126. The van der Waals surface area contributed by atoms with Gasteiger partial charge in [0.05, 0.1) is 5.69 Å². The van der Waals surface area contributed by atoms with Gasteiger partial charge in [-0.1, -0.05) is 0 Å². The fraction of sp³-hybridized carbons (Fsp3) is 0.273. The van der Waals surface area contributed by atoms with E-state index < -0.39 is 5.60 Å². The summed E-state index contributed by atoms with van der Waals surface area (Å²) >= 11 is 0. The van der Waals surface area contributed by atoms with Crippen molar-refractivity contribution in [1.82, 2.24) is 4.98 Å². The van der Waals surface area contributed by atoms with Gasteiger partial charge in [-0.2, -0.15) is 5.26 Å². The molecule has 76 valence electrons. The maximum atomic E-state index is 11.7. The van der Waals surface area contributed by atoms with Crippen LogP contribution in [0.4, 0.5) is 0 Å². The van der Waals surface area contributed by atoms with Crippen molar-refractivity contribution < 1.29 is 9.53 Å². The summed E-state index contributed by atoms with van der Waals surface area (Å²) in [6, 6.07) is 5.45. The van der Waals surface area contributed by atoms with Gasteiger partial charge in [0, 0.05) is 6.20 Å². The van der Waals surface area contributed by atoms with E-state index in [2.05, 4.69) is 4.98 Å². The zero-order chi connectivity index (χ0) is 11.1. The molecule has 0 atom stereocenters. The summed E-state index contributed by atoms with van der Waals surface area (Å²) in [4.78, 5) is 14.7. The van der Waals surface area contributed by atoms with Crippen molar-refractivity contribution in [1.29, 1.82) is 5.26 Å². The van der Waals surface area contributed by atoms with Gasteiger partial charge in [-0.15, -0.1) is 0 Å². The second kappa shape index (κ2) is 2.99. The lowest BCUT2D eigenvalue weighted by atomic mass is 10.00. The van der Waals surface area contributed by atoms with Crippen molar-refractivity contribution in [3.63, 3.8) is 0 Å². The fourth-order valence-corrected chi connectivity index (χ4v) is 1.52. The van der Waals surface area contributed by atoms with Crippen molar-refractivity contribution in [2.45, 2.75) is 19.4 Å². The van der Waals surface area contributed by atoms with Crippen LogP contribution in [0.5, 0.6) is 0 Å². The zero-order valence-corrected chi connectivity index (χ0v) is 8.50. The molecule has 0 saturated carbocycles. The molecule has 0 fully saturated rings. The number of carbonyl (C=O) groups excluding carboxylic acids is 1. The Morgan fingerprint density at radius 2 is 2.27 bits per heavy atom. The van der Waals surface area contributed by atoms with Crippen LogP contribution in [0.15, 0.2) is 23.9 Å². The number of nitrogens with zero attached hydrogens (tertiary/aromatic N) is 1. The molecule has 2 rings (SSSR count). The third kappa shape index (κ3) is 1.33. The van der Waals surface area contributed by atoms with Crippen molar-refractivity contribution in [3.05, 3.63) is 29.6 Å². The van der Waals surface area contributed by atoms with Gasteiger partial charge < -0.3 is 9.72 Å². The normalized spacial score (nSPS) is 18.9. The molecule has 0 aromatic carbocycles. The molecule has 0 radical (unpaired) electrons. The number of nitrogens with one attached hydrogen (secondary N) is 1. The lowest BCUT2D eigenvalue weighted by Crippen LogP contribution is -2.29. The van der Waals surface area contributed by atoms with Gasteiger partial charge in [-0.3, -0.25) is 4.79 Å². The third-order valence-electron chi connectivity index (χ3n) is 2.31. The summed E-state index contributed by atoms with van der Waals surface area (Å²) < 4.78 is 5.49. The van der Waals surface area contributed by atoms with E-state index in [1.807, 2.05) is 6.07 Å². The van der Waals surface area contributed by atoms with Crippen LogP contribution in [0.2, 0.25) is 0 Å². The molecule has 1 aromatic heterocycles. The summed E-state index contributed by atoms with van der Waals surface area (Å²) in [6.07, 6.45) is 1.72. The number of Topliss-reactive ketones (excluding diaryl/α,β-unsaturated/α-hetero) is 1. The quantitative estimate of drug-likeness (QED) is 0.752. The summed E-state index contributed by atoms with van der Waals surface area (Å²) in [6.45, 7) is 3.31. The maximum absolute atomic E-state index is 11.7. The number of aromatic amines is 1. The minimum atomic E-state index is -0.939. The number of ether oxygens (including phenoxy) is 1. The summed E-state index contributed by atoms with van der Waals surface area (Å²) in [5.74, 6) is 0.0760. The average molecular weight is 202 g/mol. The van der Waals surface area contributed by atoms with Gasteiger partial charge in [0.1, 0.15) is 11.6 Å². The molecule has 0 spiro atoms. The van der Waals surface area contributed by atoms with E-state index in [9.17, 15) is 4.79 Å². The van der Waals surface area contributed by atoms with Crippen LogP contribution in [0.25, 0.3) is 5.76 Å². The molecule has 0 amide bonds. The Labute approximate surface area is 87.2 Å². The highest BCUT2D eigenvalue weighted by Crippen LogP contribution is 2.34. The highest BCUT2D eigenvalue weighted by atomic mass is 16.5. The van der Waals surface area contributed by atoms with Crippen LogP contribution in [0.3, 0.4) is 0 Å². The molecule has 4 heteroatoms. The Hall–Kier alpha value is -2.02. The van der Waals surface area contributed by atoms with Crippen LogP contribution in [-0.2, 0) is 9.53 Å². The average Bonchev–Trinajstić information content (AvgIpc) is 2.75. The Bertz CT molecular complexity index is 475.